The quantitative estimate of drug-likeness (QED) is 0.0933. The zero-order chi connectivity index (χ0) is 42.3. The van der Waals surface area contributed by atoms with Crippen LogP contribution in [0.25, 0.3) is 11.4 Å². The Kier molecular flexibility index (Phi) is 16.3. The summed E-state index contributed by atoms with van der Waals surface area (Å²) in [7, 11) is -1.12. The number of rotatable bonds is 16. The van der Waals surface area contributed by atoms with Gasteiger partial charge in [0.15, 0.2) is 5.82 Å². The third kappa shape index (κ3) is 12.5. The molecule has 316 valence electrons. The second kappa shape index (κ2) is 21.7. The van der Waals surface area contributed by atoms with E-state index in [9.17, 15) is 28.5 Å². The Morgan fingerprint density at radius 1 is 0.814 bits per heavy atom. The van der Waals surface area contributed by atoms with Crippen molar-refractivity contribution in [3.05, 3.63) is 71.9 Å². The smallest absolute Gasteiger partial charge is 0.450 e. The summed E-state index contributed by atoms with van der Waals surface area (Å²) >= 11 is 0. The SMILES string of the molecule is CCOC(=O)OC(OC(=O)OCC)O[P+](=O)c1ccc(CC(NC(=O)c2cc(N3CCC(OC)C3)nc(-c3ccccc3)n2)C(=O)N2CCN(C(=O)OCC)CC2)cc1. The van der Waals surface area contributed by atoms with Gasteiger partial charge in [-0.25, -0.2) is 24.4 Å². The first-order valence-electron chi connectivity index (χ1n) is 19.1. The number of hydrogen-bond donors (Lipinski definition) is 1. The van der Waals surface area contributed by atoms with Crippen molar-refractivity contribution in [3.63, 3.8) is 0 Å². The van der Waals surface area contributed by atoms with Gasteiger partial charge in [0.05, 0.1) is 25.9 Å². The van der Waals surface area contributed by atoms with Gasteiger partial charge >= 0.3 is 32.9 Å². The Morgan fingerprint density at radius 3 is 2.03 bits per heavy atom. The molecule has 2 fully saturated rings. The number of piperazine rings is 1. The Labute approximate surface area is 342 Å². The fourth-order valence-electron chi connectivity index (χ4n) is 6.19. The van der Waals surface area contributed by atoms with Gasteiger partial charge in [0, 0.05) is 64.4 Å². The summed E-state index contributed by atoms with van der Waals surface area (Å²) in [5.41, 5.74) is 1.32. The molecule has 0 spiro atoms. The van der Waals surface area contributed by atoms with Crippen molar-refractivity contribution in [1.29, 1.82) is 0 Å². The van der Waals surface area contributed by atoms with Gasteiger partial charge < -0.3 is 48.4 Å². The molecule has 59 heavy (non-hydrogen) atoms. The fourth-order valence-corrected chi connectivity index (χ4v) is 6.95. The highest BCUT2D eigenvalue weighted by atomic mass is 31.1. The van der Waals surface area contributed by atoms with Crippen molar-refractivity contribution < 1.29 is 61.5 Å². The average Bonchev–Trinajstić information content (AvgIpc) is 3.73. The predicted molar refractivity (Wildman–Crippen MR) is 210 cm³/mol. The summed E-state index contributed by atoms with van der Waals surface area (Å²) in [5.74, 6) is -0.132. The Hall–Kier alpha value is -5.91. The van der Waals surface area contributed by atoms with Crippen molar-refractivity contribution in [2.75, 3.05) is 71.1 Å². The van der Waals surface area contributed by atoms with Gasteiger partial charge in [-0.3, -0.25) is 9.59 Å². The molecule has 3 heterocycles. The number of nitrogens with zero attached hydrogens (tertiary/aromatic N) is 5. The van der Waals surface area contributed by atoms with Gasteiger partial charge in [-0.2, -0.15) is 0 Å². The number of carbonyl (C=O) groups excluding carboxylic acids is 5. The number of benzene rings is 2. The number of anilines is 1. The molecule has 2 aromatic carbocycles. The first-order chi connectivity index (χ1) is 28.5. The van der Waals surface area contributed by atoms with Crippen LogP contribution in [0.5, 0.6) is 0 Å². The Morgan fingerprint density at radius 2 is 1.44 bits per heavy atom. The van der Waals surface area contributed by atoms with Crippen molar-refractivity contribution in [2.24, 2.45) is 0 Å². The van der Waals surface area contributed by atoms with E-state index in [4.69, 9.17) is 37.9 Å². The highest BCUT2D eigenvalue weighted by molar-refractivity contribution is 7.48. The molecule has 3 atom stereocenters. The molecule has 2 saturated heterocycles. The second-order valence-corrected chi connectivity index (χ2v) is 14.3. The van der Waals surface area contributed by atoms with E-state index < -0.39 is 50.8 Å². The van der Waals surface area contributed by atoms with Gasteiger partial charge in [-0.15, -0.1) is 0 Å². The number of ether oxygens (including phenoxy) is 6. The van der Waals surface area contributed by atoms with Gasteiger partial charge in [0.2, 0.25) is 11.2 Å². The van der Waals surface area contributed by atoms with Gasteiger partial charge in [-0.05, 0) is 49.5 Å². The monoisotopic (exact) mass is 839 g/mol. The molecule has 2 aliphatic rings. The molecule has 0 bridgehead atoms. The molecule has 0 saturated carbocycles. The topological polar surface area (TPSA) is 215 Å². The average molecular weight is 840 g/mol. The maximum atomic E-state index is 14.2. The van der Waals surface area contributed by atoms with Crippen LogP contribution in [0.1, 0.15) is 43.2 Å². The van der Waals surface area contributed by atoms with Crippen LogP contribution in [-0.2, 0) is 48.7 Å². The standard InChI is InChI=1S/C39H47N6O13P/c1-5-53-36(48)44-21-19-43(20-22-44)35(47)31(23-26-13-15-29(16-14-26)59(51)58-39(56-37(49)54-6-2)57-38(50)55-7-3)41-34(46)30-24-32(45-18-17-28(25-45)52-4)42-33(40-30)27-11-9-8-10-12-27/h8-16,24,28,31,39H,5-7,17-23,25H2,1-4H3/p+1. The van der Waals surface area contributed by atoms with E-state index in [0.29, 0.717) is 35.9 Å². The number of nitrogens with one attached hydrogen (secondary N) is 1. The third-order valence-electron chi connectivity index (χ3n) is 9.18. The lowest BCUT2D eigenvalue weighted by Gasteiger charge is -2.36. The molecule has 20 heteroatoms. The van der Waals surface area contributed by atoms with E-state index in [-0.39, 0.29) is 69.5 Å². The highest BCUT2D eigenvalue weighted by Gasteiger charge is 2.36. The number of hydrogen-bond acceptors (Lipinski definition) is 16. The summed E-state index contributed by atoms with van der Waals surface area (Å²) in [4.78, 5) is 79.1. The Bertz CT molecular complexity index is 1910. The van der Waals surface area contributed by atoms with Crippen LogP contribution < -0.4 is 15.5 Å². The van der Waals surface area contributed by atoms with E-state index in [2.05, 4.69) is 10.3 Å². The molecule has 3 amide bonds. The molecular weight excluding hydrogens is 791 g/mol. The van der Waals surface area contributed by atoms with Gasteiger partial charge in [0.1, 0.15) is 17.6 Å². The lowest BCUT2D eigenvalue weighted by molar-refractivity contribution is -0.199. The fraction of sp³-hybridized carbons (Fsp3) is 0.462. The van der Waals surface area contributed by atoms with Crippen LogP contribution in [0, 0.1) is 0 Å². The van der Waals surface area contributed by atoms with E-state index >= 15 is 0 Å². The van der Waals surface area contributed by atoms with Crippen LogP contribution in [-0.4, -0.2) is 135 Å². The molecule has 5 rings (SSSR count). The second-order valence-electron chi connectivity index (χ2n) is 13.1. The van der Waals surface area contributed by atoms with Crippen LogP contribution in [0.4, 0.5) is 20.2 Å². The van der Waals surface area contributed by atoms with E-state index in [0.717, 1.165) is 6.42 Å². The maximum Gasteiger partial charge on any atom is 0.556 e. The van der Waals surface area contributed by atoms with Gasteiger partial charge in [0.25, 0.3) is 5.91 Å². The largest absolute Gasteiger partial charge is 0.556 e. The van der Waals surface area contributed by atoms with Crippen molar-refractivity contribution in [2.45, 2.75) is 52.2 Å². The molecule has 1 aromatic heterocycles. The molecule has 3 unspecified atom stereocenters. The van der Waals surface area contributed by atoms with Crippen LogP contribution in [0.3, 0.4) is 0 Å². The molecule has 2 aliphatic heterocycles. The van der Waals surface area contributed by atoms with E-state index in [1.165, 1.54) is 30.9 Å². The normalized spacial score (nSPS) is 15.9. The van der Waals surface area contributed by atoms with Crippen LogP contribution in [0.2, 0.25) is 0 Å². The zero-order valence-electron chi connectivity index (χ0n) is 33.3. The lowest BCUT2D eigenvalue weighted by atomic mass is 10.0. The van der Waals surface area contributed by atoms with Crippen molar-refractivity contribution in [3.8, 4) is 11.4 Å². The minimum Gasteiger partial charge on any atom is -0.450 e. The zero-order valence-corrected chi connectivity index (χ0v) is 34.2. The lowest BCUT2D eigenvalue weighted by Crippen LogP contribution is -2.56. The number of amides is 3. The minimum atomic E-state index is -2.77. The minimum absolute atomic E-state index is 0.00194. The maximum absolute atomic E-state index is 14.2. The van der Waals surface area contributed by atoms with E-state index in [1.54, 1.807) is 37.1 Å². The number of aromatic nitrogens is 2. The molecule has 3 aromatic rings. The van der Waals surface area contributed by atoms with E-state index in [1.807, 2.05) is 35.2 Å². The predicted octanol–water partition coefficient (Wildman–Crippen LogP) is 4.02. The summed E-state index contributed by atoms with van der Waals surface area (Å²) in [6, 6.07) is 15.8. The van der Waals surface area contributed by atoms with Crippen LogP contribution >= 0.6 is 8.03 Å². The Balaban J connectivity index is 1.38. The molecular formula is C39H48N6O13P+. The first-order valence-corrected chi connectivity index (χ1v) is 20.3. The molecule has 1 N–H and O–H groups in total. The summed E-state index contributed by atoms with van der Waals surface area (Å²) in [5, 5.41) is 3.02. The molecule has 19 nitrogen and oxygen atoms in total. The highest BCUT2D eigenvalue weighted by Crippen LogP contribution is 2.27. The van der Waals surface area contributed by atoms with Crippen molar-refractivity contribution in [1.82, 2.24) is 25.1 Å². The first kappa shape index (κ1) is 44.2. The van der Waals surface area contributed by atoms with Gasteiger partial charge in [-0.1, -0.05) is 47.0 Å². The summed E-state index contributed by atoms with van der Waals surface area (Å²) in [6.45, 7) is 4.97. The summed E-state index contributed by atoms with van der Waals surface area (Å²) < 4.78 is 48.1. The molecule has 0 radical (unpaired) electrons. The van der Waals surface area contributed by atoms with Crippen LogP contribution in [0.15, 0.2) is 60.7 Å². The number of methoxy groups -OCH3 is 1. The summed E-state index contributed by atoms with van der Waals surface area (Å²) in [6.07, 6.45) is -2.14. The molecule has 0 aliphatic carbocycles. The third-order valence-corrected chi connectivity index (χ3v) is 10.3. The van der Waals surface area contributed by atoms with Crippen molar-refractivity contribution >= 4 is 49.4 Å². The number of carbonyl (C=O) groups is 5.